The van der Waals surface area contributed by atoms with Crippen LogP contribution in [0.25, 0.3) is 0 Å². The van der Waals surface area contributed by atoms with Crippen molar-refractivity contribution in [1.29, 1.82) is 0 Å². The Morgan fingerprint density at radius 2 is 1.89 bits per heavy atom. The number of fused-ring (bicyclic) bond motifs is 1. The van der Waals surface area contributed by atoms with Crippen molar-refractivity contribution in [2.45, 2.75) is 44.9 Å². The van der Waals surface area contributed by atoms with Gasteiger partial charge in [0.05, 0.1) is 13.2 Å². The lowest BCUT2D eigenvalue weighted by atomic mass is 9.89. The molecule has 2 aromatic carbocycles. The van der Waals surface area contributed by atoms with Crippen LogP contribution in [0.15, 0.2) is 42.5 Å². The van der Waals surface area contributed by atoms with Gasteiger partial charge >= 0.3 is 0 Å². The maximum absolute atomic E-state index is 13.0. The van der Waals surface area contributed by atoms with Crippen molar-refractivity contribution < 1.29 is 23.4 Å². The molecule has 0 bridgehead atoms. The van der Waals surface area contributed by atoms with Crippen molar-refractivity contribution in [1.82, 2.24) is 5.32 Å². The third kappa shape index (κ3) is 4.51. The van der Waals surface area contributed by atoms with Gasteiger partial charge in [0.15, 0.2) is 6.10 Å². The lowest BCUT2D eigenvalue weighted by Gasteiger charge is -2.38. The molecule has 2 atom stereocenters. The summed E-state index contributed by atoms with van der Waals surface area (Å²) in [5.74, 6) is 1.26. The highest BCUT2D eigenvalue weighted by Crippen LogP contribution is 2.41. The molecule has 1 aliphatic rings. The Kier molecular flexibility index (Phi) is 5.26. The van der Waals surface area contributed by atoms with Crippen LogP contribution in [0.2, 0.25) is 0 Å². The Balaban J connectivity index is 1.75. The number of ether oxygens (including phenoxy) is 3. The first-order chi connectivity index (χ1) is 12.8. The van der Waals surface area contributed by atoms with E-state index in [4.69, 9.17) is 14.2 Å². The highest BCUT2D eigenvalue weighted by molar-refractivity contribution is 5.81. The maximum atomic E-state index is 13.0. The van der Waals surface area contributed by atoms with Crippen molar-refractivity contribution in [3.05, 3.63) is 53.8 Å². The number of nitrogens with one attached hydrogen (secondary N) is 1. The normalized spacial score (nSPS) is 18.6. The van der Waals surface area contributed by atoms with Crippen LogP contribution in [-0.4, -0.2) is 24.7 Å². The van der Waals surface area contributed by atoms with Crippen LogP contribution in [0.5, 0.6) is 17.2 Å². The predicted octanol–water partition coefficient (Wildman–Crippen LogP) is 4.02. The fourth-order valence-electron chi connectivity index (χ4n) is 3.15. The summed E-state index contributed by atoms with van der Waals surface area (Å²) < 4.78 is 30.0. The molecule has 0 fully saturated rings. The highest BCUT2D eigenvalue weighted by Gasteiger charge is 2.35. The molecule has 0 saturated heterocycles. The Hall–Kier alpha value is -2.76. The smallest absolute Gasteiger partial charge is 0.261 e. The second kappa shape index (κ2) is 7.47. The van der Waals surface area contributed by atoms with Crippen molar-refractivity contribution in [2.75, 3.05) is 7.11 Å². The van der Waals surface area contributed by atoms with Crippen molar-refractivity contribution in [3.63, 3.8) is 0 Å². The highest BCUT2D eigenvalue weighted by atomic mass is 19.1. The summed E-state index contributed by atoms with van der Waals surface area (Å²) in [4.78, 5) is 12.7. The average Bonchev–Trinajstić information content (AvgIpc) is 2.62. The van der Waals surface area contributed by atoms with Gasteiger partial charge in [0.1, 0.15) is 28.7 Å². The summed E-state index contributed by atoms with van der Waals surface area (Å²) in [6, 6.07) is 10.9. The first-order valence-corrected chi connectivity index (χ1v) is 8.87. The third-order valence-electron chi connectivity index (χ3n) is 4.49. The number of benzene rings is 2. The minimum Gasteiger partial charge on any atom is -0.497 e. The molecule has 0 saturated carbocycles. The van der Waals surface area contributed by atoms with Crippen LogP contribution in [0.1, 0.15) is 38.8 Å². The molecule has 0 radical (unpaired) electrons. The molecule has 1 aliphatic heterocycles. The molecule has 2 unspecified atom stereocenters. The largest absolute Gasteiger partial charge is 0.497 e. The SMILES string of the molecule is COc1ccc2c(c1)C(NC(=O)C(C)Oc1ccc(F)cc1)CC(C)(C)O2. The van der Waals surface area contributed by atoms with E-state index < -0.39 is 11.7 Å². The van der Waals surface area contributed by atoms with Crippen LogP contribution >= 0.6 is 0 Å². The van der Waals surface area contributed by atoms with E-state index in [-0.39, 0.29) is 17.8 Å². The van der Waals surface area contributed by atoms with E-state index in [1.54, 1.807) is 14.0 Å². The zero-order valence-corrected chi connectivity index (χ0v) is 15.9. The summed E-state index contributed by atoms with van der Waals surface area (Å²) in [6.45, 7) is 5.63. The number of halogens is 1. The third-order valence-corrected chi connectivity index (χ3v) is 4.49. The standard InChI is InChI=1S/C21H24FNO4/c1-13(26-15-7-5-14(22)6-8-15)20(24)23-18-12-21(2,3)27-19-10-9-16(25-4)11-17(18)19/h5-11,13,18H,12H2,1-4H3,(H,23,24). The van der Waals surface area contributed by atoms with E-state index in [1.165, 1.54) is 24.3 Å². The van der Waals surface area contributed by atoms with Crippen LogP contribution in [0.3, 0.4) is 0 Å². The number of amides is 1. The van der Waals surface area contributed by atoms with Crippen molar-refractivity contribution in [2.24, 2.45) is 0 Å². The molecule has 2 aromatic rings. The maximum Gasteiger partial charge on any atom is 0.261 e. The summed E-state index contributed by atoms with van der Waals surface area (Å²) in [7, 11) is 1.60. The quantitative estimate of drug-likeness (QED) is 0.860. The molecular weight excluding hydrogens is 349 g/mol. The molecule has 5 nitrogen and oxygen atoms in total. The monoisotopic (exact) mass is 373 g/mol. The predicted molar refractivity (Wildman–Crippen MR) is 99.7 cm³/mol. The molecule has 1 N–H and O–H groups in total. The molecule has 144 valence electrons. The second-order valence-corrected chi connectivity index (χ2v) is 7.24. The summed E-state index contributed by atoms with van der Waals surface area (Å²) in [5, 5.41) is 3.04. The molecule has 3 rings (SSSR count). The van der Waals surface area contributed by atoms with Gasteiger partial charge in [0.25, 0.3) is 5.91 Å². The Labute approximate surface area is 158 Å². The zero-order chi connectivity index (χ0) is 19.6. The minimum absolute atomic E-state index is 0.231. The first-order valence-electron chi connectivity index (χ1n) is 8.87. The minimum atomic E-state index is -0.726. The van der Waals surface area contributed by atoms with Gasteiger partial charge in [-0.05, 0) is 63.2 Å². The van der Waals surface area contributed by atoms with E-state index in [1.807, 2.05) is 32.0 Å². The van der Waals surface area contributed by atoms with Gasteiger partial charge in [-0.15, -0.1) is 0 Å². The topological polar surface area (TPSA) is 56.8 Å². The molecule has 0 spiro atoms. The van der Waals surface area contributed by atoms with E-state index in [2.05, 4.69) is 5.32 Å². The van der Waals surface area contributed by atoms with Gasteiger partial charge in [0.2, 0.25) is 0 Å². The van der Waals surface area contributed by atoms with Gasteiger partial charge < -0.3 is 19.5 Å². The Bertz CT molecular complexity index is 819. The lowest BCUT2D eigenvalue weighted by Crippen LogP contribution is -2.44. The summed E-state index contributed by atoms with van der Waals surface area (Å²) in [6.07, 6.45) is -0.113. The Morgan fingerprint density at radius 3 is 2.56 bits per heavy atom. The number of rotatable bonds is 5. The van der Waals surface area contributed by atoms with Gasteiger partial charge in [-0.2, -0.15) is 0 Å². The van der Waals surface area contributed by atoms with Crippen LogP contribution < -0.4 is 19.5 Å². The van der Waals surface area contributed by atoms with Gasteiger partial charge in [0, 0.05) is 12.0 Å². The number of carbonyl (C=O) groups is 1. The van der Waals surface area contributed by atoms with Gasteiger partial charge in [-0.3, -0.25) is 4.79 Å². The molecule has 0 aromatic heterocycles. The van der Waals surface area contributed by atoms with Crippen LogP contribution in [0, 0.1) is 5.82 Å². The molecule has 1 amide bonds. The lowest BCUT2D eigenvalue weighted by molar-refractivity contribution is -0.128. The van der Waals surface area contributed by atoms with Crippen LogP contribution in [0.4, 0.5) is 4.39 Å². The van der Waals surface area contributed by atoms with Gasteiger partial charge in [-0.1, -0.05) is 0 Å². The van der Waals surface area contributed by atoms with E-state index in [0.717, 1.165) is 11.3 Å². The molecule has 27 heavy (non-hydrogen) atoms. The summed E-state index contributed by atoms with van der Waals surface area (Å²) >= 11 is 0. The van der Waals surface area contributed by atoms with Crippen molar-refractivity contribution >= 4 is 5.91 Å². The first kappa shape index (κ1) is 19.0. The number of methoxy groups -OCH3 is 1. The summed E-state index contributed by atoms with van der Waals surface area (Å²) in [5.41, 5.74) is 0.455. The average molecular weight is 373 g/mol. The molecule has 6 heteroatoms. The zero-order valence-electron chi connectivity index (χ0n) is 15.9. The molecule has 1 heterocycles. The number of carbonyl (C=O) groups excluding carboxylic acids is 1. The Morgan fingerprint density at radius 1 is 1.22 bits per heavy atom. The molecular formula is C21H24FNO4. The fourth-order valence-corrected chi connectivity index (χ4v) is 3.15. The molecule has 0 aliphatic carbocycles. The number of hydrogen-bond donors (Lipinski definition) is 1. The van der Waals surface area contributed by atoms with E-state index in [9.17, 15) is 9.18 Å². The number of hydrogen-bond acceptors (Lipinski definition) is 4. The van der Waals surface area contributed by atoms with Gasteiger partial charge in [-0.25, -0.2) is 4.39 Å². The van der Waals surface area contributed by atoms with E-state index >= 15 is 0 Å². The second-order valence-electron chi connectivity index (χ2n) is 7.24. The van der Waals surface area contributed by atoms with E-state index in [0.29, 0.717) is 17.9 Å². The van der Waals surface area contributed by atoms with Crippen molar-refractivity contribution in [3.8, 4) is 17.2 Å². The fraction of sp³-hybridized carbons (Fsp3) is 0.381. The van der Waals surface area contributed by atoms with Crippen LogP contribution in [-0.2, 0) is 4.79 Å².